The van der Waals surface area contributed by atoms with E-state index >= 15 is 0 Å². The molecular formula is C16H14N4O2S. The Labute approximate surface area is 136 Å². The summed E-state index contributed by atoms with van der Waals surface area (Å²) in [5.41, 5.74) is 8.54. The molecule has 6 nitrogen and oxygen atoms in total. The van der Waals surface area contributed by atoms with E-state index < -0.39 is 11.6 Å². The van der Waals surface area contributed by atoms with Gasteiger partial charge in [-0.3, -0.25) is 14.7 Å². The van der Waals surface area contributed by atoms with Crippen molar-refractivity contribution < 1.29 is 9.59 Å². The predicted molar refractivity (Wildman–Crippen MR) is 87.4 cm³/mol. The van der Waals surface area contributed by atoms with E-state index in [-0.39, 0.29) is 12.2 Å². The van der Waals surface area contributed by atoms with Crippen molar-refractivity contribution in [3.63, 3.8) is 0 Å². The standard InChI is InChI=1S/C16H14N4O2S/c17-12-3-1-10(2-4-12)7-11-5-6-23-14(11)8-13(21)15(22)16-18-9-19-20-16/h1-6,9H,7-8,17H2,(H,18,19,20). The van der Waals surface area contributed by atoms with Crippen LogP contribution in [0.15, 0.2) is 42.0 Å². The van der Waals surface area contributed by atoms with Gasteiger partial charge in [0.2, 0.25) is 11.6 Å². The Morgan fingerprint density at radius 1 is 1.17 bits per heavy atom. The number of nitrogens with one attached hydrogen (secondary N) is 1. The van der Waals surface area contributed by atoms with Crippen LogP contribution in [0.3, 0.4) is 0 Å². The number of nitrogen functional groups attached to an aromatic ring is 1. The first-order chi connectivity index (χ1) is 11.1. The number of Topliss-reactive ketones (excluding diaryl/α,β-unsaturated/α-hetero) is 2. The van der Waals surface area contributed by atoms with Crippen LogP contribution in [0.25, 0.3) is 0 Å². The van der Waals surface area contributed by atoms with Gasteiger partial charge in [-0.1, -0.05) is 12.1 Å². The van der Waals surface area contributed by atoms with Gasteiger partial charge in [-0.2, -0.15) is 0 Å². The number of aromatic amines is 1. The van der Waals surface area contributed by atoms with E-state index in [0.29, 0.717) is 12.1 Å². The second-order valence-corrected chi connectivity index (χ2v) is 6.04. The zero-order valence-corrected chi connectivity index (χ0v) is 13.0. The molecule has 2 heterocycles. The summed E-state index contributed by atoms with van der Waals surface area (Å²) >= 11 is 1.47. The molecule has 1 aromatic carbocycles. The molecule has 0 amide bonds. The third-order valence-corrected chi connectivity index (χ3v) is 4.37. The number of thiophene rings is 1. The van der Waals surface area contributed by atoms with Crippen LogP contribution in [-0.4, -0.2) is 26.7 Å². The van der Waals surface area contributed by atoms with Crippen molar-refractivity contribution in [3.05, 3.63) is 63.9 Å². The summed E-state index contributed by atoms with van der Waals surface area (Å²) in [5.74, 6) is -1.27. The van der Waals surface area contributed by atoms with Gasteiger partial charge in [0, 0.05) is 17.0 Å². The molecule has 0 saturated carbocycles. The van der Waals surface area contributed by atoms with E-state index in [1.165, 1.54) is 17.7 Å². The molecule has 0 unspecified atom stereocenters. The maximum atomic E-state index is 12.1. The van der Waals surface area contributed by atoms with Crippen molar-refractivity contribution in [1.82, 2.24) is 15.2 Å². The zero-order valence-electron chi connectivity index (χ0n) is 12.2. The smallest absolute Gasteiger partial charge is 0.267 e. The van der Waals surface area contributed by atoms with E-state index in [4.69, 9.17) is 5.73 Å². The van der Waals surface area contributed by atoms with E-state index in [0.717, 1.165) is 16.0 Å². The molecule has 0 saturated heterocycles. The number of aromatic nitrogens is 3. The summed E-state index contributed by atoms with van der Waals surface area (Å²) < 4.78 is 0. The topological polar surface area (TPSA) is 102 Å². The number of nitrogens with two attached hydrogens (primary N) is 1. The molecule has 0 aliphatic heterocycles. The fraction of sp³-hybridized carbons (Fsp3) is 0.125. The van der Waals surface area contributed by atoms with E-state index in [9.17, 15) is 9.59 Å². The monoisotopic (exact) mass is 326 g/mol. The number of anilines is 1. The molecule has 23 heavy (non-hydrogen) atoms. The third-order valence-electron chi connectivity index (χ3n) is 3.40. The minimum Gasteiger partial charge on any atom is -0.399 e. The summed E-state index contributed by atoms with van der Waals surface area (Å²) in [6, 6.07) is 9.58. The molecule has 3 N–H and O–H groups in total. The van der Waals surface area contributed by atoms with Gasteiger partial charge in [-0.05, 0) is 41.1 Å². The van der Waals surface area contributed by atoms with E-state index in [1.54, 1.807) is 0 Å². The van der Waals surface area contributed by atoms with Gasteiger partial charge in [0.25, 0.3) is 5.78 Å². The number of rotatable bonds is 6. The van der Waals surface area contributed by atoms with Crippen LogP contribution in [0, 0.1) is 0 Å². The fourth-order valence-corrected chi connectivity index (χ4v) is 3.11. The average Bonchev–Trinajstić information content (AvgIpc) is 3.21. The Kier molecular flexibility index (Phi) is 4.29. The molecule has 2 aromatic heterocycles. The maximum Gasteiger partial charge on any atom is 0.267 e. The number of ketones is 2. The molecule has 7 heteroatoms. The quantitative estimate of drug-likeness (QED) is 0.410. The molecule has 116 valence electrons. The molecule has 3 rings (SSSR count). The Bertz CT molecular complexity index is 822. The van der Waals surface area contributed by atoms with Gasteiger partial charge in [-0.25, -0.2) is 4.98 Å². The first kappa shape index (κ1) is 15.1. The van der Waals surface area contributed by atoms with Crippen LogP contribution in [0.1, 0.15) is 26.6 Å². The van der Waals surface area contributed by atoms with Gasteiger partial charge >= 0.3 is 0 Å². The van der Waals surface area contributed by atoms with Crippen molar-refractivity contribution in [2.24, 2.45) is 0 Å². The lowest BCUT2D eigenvalue weighted by atomic mass is 10.0. The Hall–Kier alpha value is -2.80. The predicted octanol–water partition coefficient (Wildman–Crippen LogP) is 2.03. The Morgan fingerprint density at radius 3 is 2.65 bits per heavy atom. The normalized spacial score (nSPS) is 10.6. The minimum atomic E-state index is -0.668. The van der Waals surface area contributed by atoms with Crippen LogP contribution in [0.2, 0.25) is 0 Å². The van der Waals surface area contributed by atoms with Gasteiger partial charge < -0.3 is 5.73 Å². The third kappa shape index (κ3) is 3.51. The largest absolute Gasteiger partial charge is 0.399 e. The van der Waals surface area contributed by atoms with Crippen LogP contribution in [0.4, 0.5) is 5.69 Å². The highest BCUT2D eigenvalue weighted by atomic mass is 32.1. The highest BCUT2D eigenvalue weighted by Gasteiger charge is 2.21. The van der Waals surface area contributed by atoms with Crippen molar-refractivity contribution in [3.8, 4) is 0 Å². The lowest BCUT2D eigenvalue weighted by Crippen LogP contribution is -2.18. The first-order valence-electron chi connectivity index (χ1n) is 6.96. The van der Waals surface area contributed by atoms with Crippen LogP contribution in [-0.2, 0) is 17.6 Å². The lowest BCUT2D eigenvalue weighted by molar-refractivity contribution is -0.114. The summed E-state index contributed by atoms with van der Waals surface area (Å²) in [5, 5.41) is 8.00. The SMILES string of the molecule is Nc1ccc(Cc2ccsc2CC(=O)C(=O)c2nc[nH]n2)cc1. The number of carbonyl (C=O) groups is 2. The second kappa shape index (κ2) is 6.53. The molecule has 0 atom stereocenters. The lowest BCUT2D eigenvalue weighted by Gasteiger charge is -2.04. The van der Waals surface area contributed by atoms with Crippen LogP contribution in [0.5, 0.6) is 0 Å². The summed E-state index contributed by atoms with van der Waals surface area (Å²) in [6.07, 6.45) is 2.04. The first-order valence-corrected chi connectivity index (χ1v) is 7.84. The average molecular weight is 326 g/mol. The number of H-pyrrole nitrogens is 1. The molecule has 3 aromatic rings. The number of carbonyl (C=O) groups excluding carboxylic acids is 2. The van der Waals surface area contributed by atoms with E-state index in [1.807, 2.05) is 35.7 Å². The zero-order chi connectivity index (χ0) is 16.2. The van der Waals surface area contributed by atoms with Gasteiger partial charge in [0.15, 0.2) is 0 Å². The maximum absolute atomic E-state index is 12.1. The summed E-state index contributed by atoms with van der Waals surface area (Å²) in [7, 11) is 0. The van der Waals surface area contributed by atoms with Crippen LogP contribution < -0.4 is 5.73 Å². The number of benzene rings is 1. The molecule has 0 spiro atoms. The molecule has 0 radical (unpaired) electrons. The van der Waals surface area contributed by atoms with Gasteiger partial charge in [0.05, 0.1) is 0 Å². The van der Waals surface area contributed by atoms with Gasteiger partial charge in [-0.15, -0.1) is 16.4 Å². The Morgan fingerprint density at radius 2 is 1.96 bits per heavy atom. The number of nitrogens with zero attached hydrogens (tertiary/aromatic N) is 2. The molecule has 0 aliphatic rings. The Balaban J connectivity index is 1.72. The van der Waals surface area contributed by atoms with Crippen molar-refractivity contribution in [1.29, 1.82) is 0 Å². The second-order valence-electron chi connectivity index (χ2n) is 5.04. The minimum absolute atomic E-state index is 0.0648. The summed E-state index contributed by atoms with van der Waals surface area (Å²) in [4.78, 5) is 28.6. The van der Waals surface area contributed by atoms with Crippen molar-refractivity contribution in [2.75, 3.05) is 5.73 Å². The highest BCUT2D eigenvalue weighted by molar-refractivity contribution is 7.10. The molecule has 0 aliphatic carbocycles. The highest BCUT2D eigenvalue weighted by Crippen LogP contribution is 2.22. The molecular weight excluding hydrogens is 312 g/mol. The van der Waals surface area contributed by atoms with E-state index in [2.05, 4.69) is 15.2 Å². The molecule has 0 bridgehead atoms. The van der Waals surface area contributed by atoms with Crippen molar-refractivity contribution in [2.45, 2.75) is 12.8 Å². The van der Waals surface area contributed by atoms with Crippen molar-refractivity contribution >= 4 is 28.6 Å². The van der Waals surface area contributed by atoms with Crippen LogP contribution >= 0.6 is 11.3 Å². The summed E-state index contributed by atoms with van der Waals surface area (Å²) in [6.45, 7) is 0. The van der Waals surface area contributed by atoms with Gasteiger partial charge in [0.1, 0.15) is 6.33 Å². The number of hydrogen-bond acceptors (Lipinski definition) is 6. The number of hydrogen-bond donors (Lipinski definition) is 2. The fourth-order valence-electron chi connectivity index (χ4n) is 2.20. The molecule has 0 fully saturated rings.